The first-order chi connectivity index (χ1) is 9.77. The molecule has 1 saturated heterocycles. The molecule has 0 saturated carbocycles. The molecule has 0 bridgehead atoms. The van der Waals surface area contributed by atoms with Gasteiger partial charge in [-0.1, -0.05) is 6.07 Å². The average Bonchev–Trinajstić information content (AvgIpc) is 2.37. The van der Waals surface area contributed by atoms with Crippen molar-refractivity contribution in [3.63, 3.8) is 0 Å². The summed E-state index contributed by atoms with van der Waals surface area (Å²) >= 11 is 0. The number of hydrogen-bond acceptors (Lipinski definition) is 2. The molecule has 1 amide bonds. The van der Waals surface area contributed by atoms with E-state index in [0.29, 0.717) is 13.0 Å². The Balaban J connectivity index is 2.05. The van der Waals surface area contributed by atoms with Gasteiger partial charge in [-0.05, 0) is 25.5 Å². The molecule has 3 nitrogen and oxygen atoms in total. The van der Waals surface area contributed by atoms with Gasteiger partial charge in [0.25, 0.3) is 0 Å². The van der Waals surface area contributed by atoms with Crippen molar-refractivity contribution in [2.45, 2.75) is 31.1 Å². The van der Waals surface area contributed by atoms with Crippen molar-refractivity contribution in [1.82, 2.24) is 10.6 Å². The topological polar surface area (TPSA) is 41.1 Å². The zero-order valence-corrected chi connectivity index (χ0v) is 10.8. The first-order valence-corrected chi connectivity index (χ1v) is 6.33. The maximum absolute atomic E-state index is 13.7. The molecular weight excluding hydrogens is 295 g/mol. The second kappa shape index (κ2) is 5.97. The first-order valence-electron chi connectivity index (χ1n) is 6.33. The van der Waals surface area contributed by atoms with Crippen LogP contribution in [0.5, 0.6) is 0 Å². The predicted octanol–water partition coefficient (Wildman–Crippen LogP) is 2.44. The minimum absolute atomic E-state index is 0.102. The van der Waals surface area contributed by atoms with Gasteiger partial charge in [-0.15, -0.1) is 0 Å². The molecule has 2 atom stereocenters. The molecule has 0 radical (unpaired) electrons. The summed E-state index contributed by atoms with van der Waals surface area (Å²) in [5.41, 5.74) is 0.169. The third-order valence-corrected chi connectivity index (χ3v) is 3.33. The Kier molecular flexibility index (Phi) is 4.46. The summed E-state index contributed by atoms with van der Waals surface area (Å²) in [6, 6.07) is 1.76. The van der Waals surface area contributed by atoms with E-state index in [-0.39, 0.29) is 12.0 Å². The van der Waals surface area contributed by atoms with Gasteiger partial charge in [0.05, 0.1) is 0 Å². The molecule has 0 spiro atoms. The number of nitrogens with one attached hydrogen (secondary N) is 2. The highest BCUT2D eigenvalue weighted by Gasteiger charge is 2.40. The van der Waals surface area contributed by atoms with Gasteiger partial charge in [-0.3, -0.25) is 4.79 Å². The van der Waals surface area contributed by atoms with Gasteiger partial charge in [0.1, 0.15) is 11.6 Å². The standard InChI is InChI=1S/C13H13F5N2O/c14-7-1-2-9(10(15)5-7)11-6-8(3-4-19-11)20-12(21)13(16,17)18/h1-2,5,8,11,19H,3-4,6H2,(H,20,21)/t8-,11+/m1/s1. The number of piperidine rings is 1. The van der Waals surface area contributed by atoms with Crippen LogP contribution in [0.25, 0.3) is 0 Å². The predicted molar refractivity (Wildman–Crippen MR) is 64.3 cm³/mol. The molecule has 2 rings (SSSR count). The van der Waals surface area contributed by atoms with Crippen LogP contribution in [0.15, 0.2) is 18.2 Å². The molecule has 0 aromatic heterocycles. The SMILES string of the molecule is O=C(N[C@@H]1CCN[C@H](c2ccc(F)cc2F)C1)C(F)(F)F. The highest BCUT2D eigenvalue weighted by atomic mass is 19.4. The molecule has 1 aliphatic rings. The summed E-state index contributed by atoms with van der Waals surface area (Å²) in [4.78, 5) is 10.9. The lowest BCUT2D eigenvalue weighted by Crippen LogP contribution is -2.48. The zero-order chi connectivity index (χ0) is 15.6. The van der Waals surface area contributed by atoms with Crippen LogP contribution in [-0.2, 0) is 4.79 Å². The van der Waals surface area contributed by atoms with Crippen LogP contribution in [0.1, 0.15) is 24.4 Å². The molecule has 8 heteroatoms. The van der Waals surface area contributed by atoms with Crippen molar-refractivity contribution in [3.8, 4) is 0 Å². The monoisotopic (exact) mass is 308 g/mol. The molecule has 2 N–H and O–H groups in total. The van der Waals surface area contributed by atoms with Crippen molar-refractivity contribution in [2.24, 2.45) is 0 Å². The maximum atomic E-state index is 13.7. The Bertz CT molecular complexity index is 532. The minimum atomic E-state index is -4.94. The fourth-order valence-electron chi connectivity index (χ4n) is 2.34. The van der Waals surface area contributed by atoms with Crippen molar-refractivity contribution in [3.05, 3.63) is 35.4 Å². The van der Waals surface area contributed by atoms with Gasteiger partial charge in [0.2, 0.25) is 0 Å². The van der Waals surface area contributed by atoms with Crippen LogP contribution in [0.4, 0.5) is 22.0 Å². The van der Waals surface area contributed by atoms with Gasteiger partial charge in [0, 0.05) is 23.7 Å². The van der Waals surface area contributed by atoms with Crippen LogP contribution < -0.4 is 10.6 Å². The molecule has 116 valence electrons. The Hall–Kier alpha value is -1.70. The number of rotatable bonds is 2. The van der Waals surface area contributed by atoms with Crippen LogP contribution in [0.3, 0.4) is 0 Å². The Labute approximate surface area is 117 Å². The largest absolute Gasteiger partial charge is 0.471 e. The highest BCUT2D eigenvalue weighted by Crippen LogP contribution is 2.26. The summed E-state index contributed by atoms with van der Waals surface area (Å²) < 4.78 is 63.1. The summed E-state index contributed by atoms with van der Waals surface area (Å²) in [6.45, 7) is 0.324. The summed E-state index contributed by atoms with van der Waals surface area (Å²) in [5, 5.41) is 4.83. The van der Waals surface area contributed by atoms with E-state index in [4.69, 9.17) is 0 Å². The van der Waals surface area contributed by atoms with Crippen LogP contribution in [0.2, 0.25) is 0 Å². The molecule has 1 aliphatic heterocycles. The van der Waals surface area contributed by atoms with E-state index in [1.807, 2.05) is 5.32 Å². The number of carbonyl (C=O) groups is 1. The number of halogens is 5. The van der Waals surface area contributed by atoms with Crippen LogP contribution in [0, 0.1) is 11.6 Å². The Morgan fingerprint density at radius 1 is 1.29 bits per heavy atom. The molecular formula is C13H13F5N2O. The van der Waals surface area contributed by atoms with E-state index in [1.165, 1.54) is 6.07 Å². The number of hydrogen-bond donors (Lipinski definition) is 2. The van der Waals surface area contributed by atoms with Gasteiger partial charge < -0.3 is 10.6 Å². The average molecular weight is 308 g/mol. The Morgan fingerprint density at radius 2 is 2.00 bits per heavy atom. The fraction of sp³-hybridized carbons (Fsp3) is 0.462. The molecule has 1 fully saturated rings. The van der Waals surface area contributed by atoms with Crippen molar-refractivity contribution in [1.29, 1.82) is 0 Å². The van der Waals surface area contributed by atoms with E-state index >= 15 is 0 Å². The third kappa shape index (κ3) is 3.90. The molecule has 1 aromatic carbocycles. The van der Waals surface area contributed by atoms with Gasteiger partial charge in [-0.25, -0.2) is 8.78 Å². The summed E-state index contributed by atoms with van der Waals surface area (Å²) in [7, 11) is 0. The lowest BCUT2D eigenvalue weighted by Gasteiger charge is -2.31. The smallest absolute Gasteiger partial charge is 0.345 e. The molecule has 1 heterocycles. The second-order valence-corrected chi connectivity index (χ2v) is 4.87. The lowest BCUT2D eigenvalue weighted by molar-refractivity contribution is -0.174. The second-order valence-electron chi connectivity index (χ2n) is 4.87. The third-order valence-electron chi connectivity index (χ3n) is 3.33. The minimum Gasteiger partial charge on any atom is -0.345 e. The van der Waals surface area contributed by atoms with E-state index in [0.717, 1.165) is 12.1 Å². The van der Waals surface area contributed by atoms with Crippen molar-refractivity contribution < 1.29 is 26.7 Å². The number of carbonyl (C=O) groups excluding carboxylic acids is 1. The normalized spacial score (nSPS) is 22.9. The Morgan fingerprint density at radius 3 is 2.62 bits per heavy atom. The van der Waals surface area contributed by atoms with Crippen LogP contribution in [-0.4, -0.2) is 24.7 Å². The van der Waals surface area contributed by atoms with E-state index in [9.17, 15) is 26.7 Å². The molecule has 0 unspecified atom stereocenters. The first kappa shape index (κ1) is 15.7. The number of amides is 1. The lowest BCUT2D eigenvalue weighted by atomic mass is 9.93. The van der Waals surface area contributed by atoms with E-state index in [1.54, 1.807) is 0 Å². The molecule has 1 aromatic rings. The maximum Gasteiger partial charge on any atom is 0.471 e. The molecule has 21 heavy (non-hydrogen) atoms. The van der Waals surface area contributed by atoms with Gasteiger partial charge >= 0.3 is 12.1 Å². The van der Waals surface area contributed by atoms with Crippen molar-refractivity contribution >= 4 is 5.91 Å². The summed E-state index contributed by atoms with van der Waals surface area (Å²) in [5.74, 6) is -3.50. The van der Waals surface area contributed by atoms with Crippen LogP contribution >= 0.6 is 0 Å². The molecule has 0 aliphatic carbocycles. The quantitative estimate of drug-likeness (QED) is 0.824. The van der Waals surface area contributed by atoms with Crippen molar-refractivity contribution in [2.75, 3.05) is 6.54 Å². The van der Waals surface area contributed by atoms with Gasteiger partial charge in [0.15, 0.2) is 0 Å². The van der Waals surface area contributed by atoms with E-state index in [2.05, 4.69) is 5.32 Å². The van der Waals surface area contributed by atoms with Gasteiger partial charge in [-0.2, -0.15) is 13.2 Å². The number of benzene rings is 1. The number of alkyl halides is 3. The summed E-state index contributed by atoms with van der Waals surface area (Å²) in [6.07, 6.45) is -4.53. The fourth-order valence-corrected chi connectivity index (χ4v) is 2.34. The zero-order valence-electron chi connectivity index (χ0n) is 10.8. The van der Waals surface area contributed by atoms with E-state index < -0.39 is 35.8 Å². The highest BCUT2D eigenvalue weighted by molar-refractivity contribution is 5.81.